The van der Waals surface area contributed by atoms with Crippen LogP contribution in [-0.4, -0.2) is 38.9 Å². The van der Waals surface area contributed by atoms with Crippen molar-refractivity contribution in [3.05, 3.63) is 29.8 Å². The summed E-state index contributed by atoms with van der Waals surface area (Å²) in [6.45, 7) is 5.07. The minimum Gasteiger partial charge on any atom is -0.316 e. The van der Waals surface area contributed by atoms with Crippen LogP contribution in [0.1, 0.15) is 5.56 Å². The van der Waals surface area contributed by atoms with E-state index in [-0.39, 0.29) is 0 Å². The van der Waals surface area contributed by atoms with Gasteiger partial charge in [0.1, 0.15) is 0 Å². The molecule has 0 amide bonds. The van der Waals surface area contributed by atoms with Gasteiger partial charge in [-0.1, -0.05) is 18.2 Å². The number of hydrogen-bond acceptors (Lipinski definition) is 3. The first-order valence-corrected chi connectivity index (χ1v) is 7.79. The molecule has 18 heavy (non-hydrogen) atoms. The third-order valence-electron chi connectivity index (χ3n) is 4.07. The van der Waals surface area contributed by atoms with Gasteiger partial charge in [0.2, 0.25) is 10.0 Å². The van der Waals surface area contributed by atoms with Gasteiger partial charge in [-0.15, -0.1) is 0 Å². The molecule has 2 fully saturated rings. The van der Waals surface area contributed by atoms with Crippen molar-refractivity contribution < 1.29 is 8.42 Å². The molecule has 2 aliphatic heterocycles. The maximum absolute atomic E-state index is 12.6. The van der Waals surface area contributed by atoms with E-state index in [2.05, 4.69) is 5.32 Å². The van der Waals surface area contributed by atoms with Crippen LogP contribution in [0.15, 0.2) is 29.2 Å². The number of nitrogens with zero attached hydrogens (tertiary/aromatic N) is 1. The second-order valence-electron chi connectivity index (χ2n) is 5.27. The monoisotopic (exact) mass is 266 g/mol. The van der Waals surface area contributed by atoms with Crippen LogP contribution < -0.4 is 5.32 Å². The van der Waals surface area contributed by atoms with Crippen LogP contribution in [0.5, 0.6) is 0 Å². The van der Waals surface area contributed by atoms with Crippen molar-refractivity contribution in [1.29, 1.82) is 0 Å². The second kappa shape index (κ2) is 4.33. The Morgan fingerprint density at radius 3 is 2.39 bits per heavy atom. The molecule has 2 unspecified atom stereocenters. The molecular formula is C13H18N2O2S. The maximum atomic E-state index is 12.6. The molecule has 0 bridgehead atoms. The summed E-state index contributed by atoms with van der Waals surface area (Å²) in [6.07, 6.45) is 0. The summed E-state index contributed by atoms with van der Waals surface area (Å²) in [5, 5.41) is 3.33. The quantitative estimate of drug-likeness (QED) is 0.863. The first kappa shape index (κ1) is 12.1. The zero-order chi connectivity index (χ0) is 12.8. The third kappa shape index (κ3) is 1.86. The Bertz CT molecular complexity index is 544. The zero-order valence-corrected chi connectivity index (χ0v) is 11.3. The minimum atomic E-state index is -3.31. The molecule has 3 rings (SSSR count). The van der Waals surface area contributed by atoms with Gasteiger partial charge in [-0.3, -0.25) is 0 Å². The Balaban J connectivity index is 1.90. The molecule has 1 aromatic carbocycles. The summed E-state index contributed by atoms with van der Waals surface area (Å²) in [7, 11) is -3.31. The highest BCUT2D eigenvalue weighted by atomic mass is 32.2. The number of hydrogen-bond donors (Lipinski definition) is 1. The largest absolute Gasteiger partial charge is 0.316 e. The van der Waals surface area contributed by atoms with Gasteiger partial charge in [-0.2, -0.15) is 4.31 Å². The van der Waals surface area contributed by atoms with Crippen molar-refractivity contribution in [3.63, 3.8) is 0 Å². The van der Waals surface area contributed by atoms with E-state index in [1.165, 1.54) is 0 Å². The van der Waals surface area contributed by atoms with Crippen LogP contribution in [0.2, 0.25) is 0 Å². The van der Waals surface area contributed by atoms with Crippen molar-refractivity contribution >= 4 is 10.0 Å². The van der Waals surface area contributed by atoms with E-state index in [1.807, 2.05) is 19.1 Å². The molecule has 0 saturated carbocycles. The molecule has 0 spiro atoms. The van der Waals surface area contributed by atoms with Gasteiger partial charge in [0, 0.05) is 13.1 Å². The molecule has 2 saturated heterocycles. The highest BCUT2D eigenvalue weighted by molar-refractivity contribution is 7.89. The molecule has 0 aliphatic carbocycles. The lowest BCUT2D eigenvalue weighted by molar-refractivity contribution is 0.447. The number of benzene rings is 1. The summed E-state index contributed by atoms with van der Waals surface area (Å²) in [5.41, 5.74) is 0.827. The fourth-order valence-corrected chi connectivity index (χ4v) is 4.77. The minimum absolute atomic E-state index is 0.456. The van der Waals surface area contributed by atoms with Crippen LogP contribution >= 0.6 is 0 Å². The van der Waals surface area contributed by atoms with Crippen molar-refractivity contribution in [2.75, 3.05) is 26.2 Å². The van der Waals surface area contributed by atoms with Crippen LogP contribution in [0.3, 0.4) is 0 Å². The summed E-state index contributed by atoms with van der Waals surface area (Å²) in [6, 6.07) is 7.22. The van der Waals surface area contributed by atoms with Gasteiger partial charge >= 0.3 is 0 Å². The molecule has 1 N–H and O–H groups in total. The lowest BCUT2D eigenvalue weighted by atomic mass is 10.0. The van der Waals surface area contributed by atoms with E-state index in [9.17, 15) is 8.42 Å². The fourth-order valence-electron chi connectivity index (χ4n) is 2.99. The van der Waals surface area contributed by atoms with Gasteiger partial charge in [0.05, 0.1) is 4.90 Å². The van der Waals surface area contributed by atoms with Crippen LogP contribution in [0.25, 0.3) is 0 Å². The Labute approximate surface area is 108 Å². The molecule has 2 aliphatic rings. The van der Waals surface area contributed by atoms with E-state index >= 15 is 0 Å². The first-order valence-electron chi connectivity index (χ1n) is 6.35. The van der Waals surface area contributed by atoms with Crippen molar-refractivity contribution in [2.45, 2.75) is 11.8 Å². The molecule has 98 valence electrons. The van der Waals surface area contributed by atoms with Crippen molar-refractivity contribution in [3.8, 4) is 0 Å². The SMILES string of the molecule is Cc1ccccc1S(=O)(=O)N1CC2CNCC2C1. The summed E-state index contributed by atoms with van der Waals surface area (Å²) < 4.78 is 26.8. The zero-order valence-electron chi connectivity index (χ0n) is 10.5. The molecule has 2 heterocycles. The fraction of sp³-hybridized carbons (Fsp3) is 0.538. The number of rotatable bonds is 2. The molecule has 2 atom stereocenters. The Morgan fingerprint density at radius 2 is 1.78 bits per heavy atom. The average Bonchev–Trinajstić information content (AvgIpc) is 2.89. The van der Waals surface area contributed by atoms with Gasteiger partial charge in [-0.05, 0) is 43.5 Å². The normalized spacial score (nSPS) is 28.5. The van der Waals surface area contributed by atoms with Gasteiger partial charge < -0.3 is 5.32 Å². The standard InChI is InChI=1S/C13H18N2O2S/c1-10-4-2-3-5-13(10)18(16,17)15-8-11-6-14-7-12(11)9-15/h2-5,11-12,14H,6-9H2,1H3. The van der Waals surface area contributed by atoms with Crippen LogP contribution in [-0.2, 0) is 10.0 Å². The van der Waals surface area contributed by atoms with E-state index in [0.29, 0.717) is 29.8 Å². The van der Waals surface area contributed by atoms with Crippen molar-refractivity contribution in [1.82, 2.24) is 9.62 Å². The molecule has 5 heteroatoms. The Kier molecular flexibility index (Phi) is 2.92. The third-order valence-corrected chi connectivity index (χ3v) is 6.06. The summed E-state index contributed by atoms with van der Waals surface area (Å²) in [4.78, 5) is 0.456. The highest BCUT2D eigenvalue weighted by Crippen LogP contribution is 2.31. The predicted molar refractivity (Wildman–Crippen MR) is 69.8 cm³/mol. The van der Waals surface area contributed by atoms with E-state index in [0.717, 1.165) is 18.7 Å². The van der Waals surface area contributed by atoms with E-state index in [1.54, 1.807) is 16.4 Å². The molecule has 0 radical (unpaired) electrons. The lowest BCUT2D eigenvalue weighted by Gasteiger charge is -2.18. The first-order chi connectivity index (χ1) is 8.59. The van der Waals surface area contributed by atoms with Crippen molar-refractivity contribution in [2.24, 2.45) is 11.8 Å². The number of sulfonamides is 1. The predicted octanol–water partition coefficient (Wildman–Crippen LogP) is 0.835. The van der Waals surface area contributed by atoms with E-state index in [4.69, 9.17) is 0 Å². The van der Waals surface area contributed by atoms with Crippen LogP contribution in [0.4, 0.5) is 0 Å². The average molecular weight is 266 g/mol. The summed E-state index contributed by atoms with van der Waals surface area (Å²) >= 11 is 0. The van der Waals surface area contributed by atoms with Crippen LogP contribution in [0, 0.1) is 18.8 Å². The topological polar surface area (TPSA) is 49.4 Å². The van der Waals surface area contributed by atoms with E-state index < -0.39 is 10.0 Å². The summed E-state index contributed by atoms with van der Waals surface area (Å²) in [5.74, 6) is 0.979. The van der Waals surface area contributed by atoms with Gasteiger partial charge in [-0.25, -0.2) is 8.42 Å². The maximum Gasteiger partial charge on any atom is 0.243 e. The second-order valence-corrected chi connectivity index (χ2v) is 7.17. The molecule has 1 aromatic rings. The molecular weight excluding hydrogens is 248 g/mol. The Morgan fingerprint density at radius 1 is 1.17 bits per heavy atom. The Hall–Kier alpha value is -0.910. The van der Waals surface area contributed by atoms with Gasteiger partial charge in [0.15, 0.2) is 0 Å². The number of fused-ring (bicyclic) bond motifs is 1. The van der Waals surface area contributed by atoms with Gasteiger partial charge in [0.25, 0.3) is 0 Å². The smallest absolute Gasteiger partial charge is 0.243 e. The number of nitrogens with one attached hydrogen (secondary N) is 1. The molecule has 0 aromatic heterocycles. The highest BCUT2D eigenvalue weighted by Gasteiger charge is 2.41. The number of aryl methyl sites for hydroxylation is 1. The lowest BCUT2D eigenvalue weighted by Crippen LogP contribution is -2.32. The molecule has 4 nitrogen and oxygen atoms in total.